The predicted octanol–water partition coefficient (Wildman–Crippen LogP) is 1.90. The van der Waals surface area contributed by atoms with Crippen LogP contribution < -0.4 is 11.1 Å². The Balaban J connectivity index is 2.03. The van der Waals surface area contributed by atoms with Crippen molar-refractivity contribution in [3.05, 3.63) is 29.8 Å². The molecule has 1 aromatic rings. The van der Waals surface area contributed by atoms with Crippen LogP contribution in [0.2, 0.25) is 0 Å². The number of nitrogen functional groups attached to an aromatic ring is 1. The highest BCUT2D eigenvalue weighted by molar-refractivity contribution is 5.39. The van der Waals surface area contributed by atoms with Crippen molar-refractivity contribution in [2.45, 2.75) is 24.9 Å². The Morgan fingerprint density at radius 2 is 2.07 bits per heavy atom. The second kappa shape index (κ2) is 4.19. The van der Waals surface area contributed by atoms with E-state index >= 15 is 0 Å². The van der Waals surface area contributed by atoms with E-state index in [1.807, 2.05) is 24.3 Å². The van der Waals surface area contributed by atoms with Crippen molar-refractivity contribution in [1.29, 1.82) is 0 Å². The molecular formula is C12H17FN2. The lowest BCUT2D eigenvalue weighted by Gasteiger charge is -2.30. The van der Waals surface area contributed by atoms with E-state index in [4.69, 9.17) is 5.73 Å². The highest BCUT2D eigenvalue weighted by Gasteiger charge is 2.31. The van der Waals surface area contributed by atoms with Gasteiger partial charge in [0.05, 0.1) is 0 Å². The maximum Gasteiger partial charge on any atom is 0.127 e. The summed E-state index contributed by atoms with van der Waals surface area (Å²) >= 11 is 0. The Hall–Kier alpha value is -1.09. The molecule has 3 heteroatoms. The second-order valence-electron chi connectivity index (χ2n) is 4.35. The third-order valence-electron chi connectivity index (χ3n) is 2.92. The van der Waals surface area contributed by atoms with E-state index in [0.29, 0.717) is 19.4 Å². The minimum absolute atomic E-state index is 0.470. The fourth-order valence-corrected chi connectivity index (χ4v) is 2.08. The first-order valence-electron chi connectivity index (χ1n) is 5.42. The highest BCUT2D eigenvalue weighted by atomic mass is 19.1. The molecule has 1 unspecified atom stereocenters. The topological polar surface area (TPSA) is 38.0 Å². The number of anilines is 1. The number of benzene rings is 1. The Bertz CT molecular complexity index is 315. The van der Waals surface area contributed by atoms with Gasteiger partial charge in [-0.25, -0.2) is 4.39 Å². The summed E-state index contributed by atoms with van der Waals surface area (Å²) in [6, 6.07) is 7.47. The molecule has 0 aromatic heterocycles. The van der Waals surface area contributed by atoms with Gasteiger partial charge in [0.25, 0.3) is 0 Å². The van der Waals surface area contributed by atoms with Crippen LogP contribution in [0.25, 0.3) is 0 Å². The van der Waals surface area contributed by atoms with Gasteiger partial charge < -0.3 is 11.1 Å². The minimum atomic E-state index is -1.08. The van der Waals surface area contributed by atoms with Gasteiger partial charge in [-0.1, -0.05) is 12.1 Å². The van der Waals surface area contributed by atoms with Crippen LogP contribution in [0.4, 0.5) is 10.1 Å². The molecule has 1 heterocycles. The highest BCUT2D eigenvalue weighted by Crippen LogP contribution is 2.25. The van der Waals surface area contributed by atoms with Gasteiger partial charge in [0.1, 0.15) is 5.67 Å². The van der Waals surface area contributed by atoms with Gasteiger partial charge in [-0.15, -0.1) is 0 Å². The molecule has 0 amide bonds. The molecule has 1 aliphatic rings. The molecular weight excluding hydrogens is 191 g/mol. The van der Waals surface area contributed by atoms with Crippen LogP contribution in [-0.2, 0) is 6.42 Å². The smallest absolute Gasteiger partial charge is 0.127 e. The van der Waals surface area contributed by atoms with E-state index in [1.54, 1.807) is 0 Å². The summed E-state index contributed by atoms with van der Waals surface area (Å²) in [6.07, 6.45) is 2.07. The fourth-order valence-electron chi connectivity index (χ4n) is 2.08. The Kier molecular flexibility index (Phi) is 2.91. The average Bonchev–Trinajstić information content (AvgIpc) is 2.22. The molecule has 2 nitrogen and oxygen atoms in total. The van der Waals surface area contributed by atoms with Crippen LogP contribution in [0.5, 0.6) is 0 Å². The van der Waals surface area contributed by atoms with E-state index in [9.17, 15) is 4.39 Å². The number of halogens is 1. The molecule has 1 fully saturated rings. The van der Waals surface area contributed by atoms with E-state index in [1.165, 1.54) is 0 Å². The summed E-state index contributed by atoms with van der Waals surface area (Å²) in [5.41, 5.74) is 6.27. The summed E-state index contributed by atoms with van der Waals surface area (Å²) in [5.74, 6) is 0. The molecule has 0 saturated carbocycles. The van der Waals surface area contributed by atoms with E-state index in [-0.39, 0.29) is 0 Å². The number of nitrogens with one attached hydrogen (secondary N) is 1. The Morgan fingerprint density at radius 1 is 1.33 bits per heavy atom. The third-order valence-corrected chi connectivity index (χ3v) is 2.92. The zero-order valence-electron chi connectivity index (χ0n) is 8.80. The SMILES string of the molecule is Nc1ccc(CC2(F)CCCNC2)cc1. The van der Waals surface area contributed by atoms with Crippen molar-refractivity contribution in [2.24, 2.45) is 0 Å². The van der Waals surface area contributed by atoms with Crippen molar-refractivity contribution in [3.63, 3.8) is 0 Å². The quantitative estimate of drug-likeness (QED) is 0.728. The van der Waals surface area contributed by atoms with Crippen LogP contribution in [0.15, 0.2) is 24.3 Å². The normalized spacial score (nSPS) is 26.5. The monoisotopic (exact) mass is 208 g/mol. The molecule has 1 aliphatic heterocycles. The number of hydrogen-bond donors (Lipinski definition) is 2. The number of nitrogens with two attached hydrogens (primary N) is 1. The maximum atomic E-state index is 14.3. The van der Waals surface area contributed by atoms with Crippen LogP contribution in [0, 0.1) is 0 Å². The van der Waals surface area contributed by atoms with Gasteiger partial charge in [-0.05, 0) is 37.1 Å². The van der Waals surface area contributed by atoms with Crippen molar-refractivity contribution in [1.82, 2.24) is 5.32 Å². The lowest BCUT2D eigenvalue weighted by molar-refractivity contribution is 0.122. The second-order valence-corrected chi connectivity index (χ2v) is 4.35. The van der Waals surface area contributed by atoms with Gasteiger partial charge in [0, 0.05) is 18.7 Å². The van der Waals surface area contributed by atoms with Gasteiger partial charge in [-0.3, -0.25) is 0 Å². The lowest BCUT2D eigenvalue weighted by atomic mass is 9.89. The largest absolute Gasteiger partial charge is 0.399 e. The molecule has 1 aromatic carbocycles. The van der Waals surface area contributed by atoms with E-state index in [2.05, 4.69) is 5.32 Å². The molecule has 1 saturated heterocycles. The van der Waals surface area contributed by atoms with Gasteiger partial charge in [0.2, 0.25) is 0 Å². The van der Waals surface area contributed by atoms with E-state index in [0.717, 1.165) is 24.2 Å². The summed E-state index contributed by atoms with van der Waals surface area (Å²) in [6.45, 7) is 1.41. The molecule has 0 bridgehead atoms. The molecule has 82 valence electrons. The molecule has 3 N–H and O–H groups in total. The molecule has 1 atom stereocenters. The van der Waals surface area contributed by atoms with Gasteiger partial charge in [0.15, 0.2) is 0 Å². The van der Waals surface area contributed by atoms with Crippen molar-refractivity contribution >= 4 is 5.69 Å². The van der Waals surface area contributed by atoms with E-state index < -0.39 is 5.67 Å². The summed E-state index contributed by atoms with van der Waals surface area (Å²) in [4.78, 5) is 0. The van der Waals surface area contributed by atoms with Crippen LogP contribution in [0.1, 0.15) is 18.4 Å². The molecule has 0 aliphatic carbocycles. The van der Waals surface area contributed by atoms with Gasteiger partial charge in [-0.2, -0.15) is 0 Å². The van der Waals surface area contributed by atoms with Crippen molar-refractivity contribution in [2.75, 3.05) is 18.8 Å². The summed E-state index contributed by atoms with van der Waals surface area (Å²) < 4.78 is 14.3. The predicted molar refractivity (Wildman–Crippen MR) is 60.5 cm³/mol. The fraction of sp³-hybridized carbons (Fsp3) is 0.500. The first-order valence-corrected chi connectivity index (χ1v) is 5.42. The number of hydrogen-bond acceptors (Lipinski definition) is 2. The third kappa shape index (κ3) is 2.69. The van der Waals surface area contributed by atoms with Crippen molar-refractivity contribution < 1.29 is 4.39 Å². The Morgan fingerprint density at radius 3 is 2.67 bits per heavy atom. The standard InChI is InChI=1S/C12H17FN2/c13-12(6-1-7-15-9-12)8-10-2-4-11(14)5-3-10/h2-5,15H,1,6-9,14H2. The summed E-state index contributed by atoms with van der Waals surface area (Å²) in [7, 11) is 0. The molecule has 2 rings (SSSR count). The zero-order valence-corrected chi connectivity index (χ0v) is 8.80. The number of rotatable bonds is 2. The lowest BCUT2D eigenvalue weighted by Crippen LogP contribution is -2.43. The van der Waals surface area contributed by atoms with Crippen molar-refractivity contribution in [3.8, 4) is 0 Å². The van der Waals surface area contributed by atoms with Crippen LogP contribution >= 0.6 is 0 Å². The molecule has 0 radical (unpaired) electrons. The maximum absolute atomic E-state index is 14.3. The Labute approximate surface area is 89.7 Å². The number of alkyl halides is 1. The average molecular weight is 208 g/mol. The van der Waals surface area contributed by atoms with Gasteiger partial charge >= 0.3 is 0 Å². The summed E-state index contributed by atoms with van der Waals surface area (Å²) in [5, 5.41) is 3.11. The first kappa shape index (κ1) is 10.4. The number of piperidine rings is 1. The first-order chi connectivity index (χ1) is 7.18. The molecule has 0 spiro atoms. The van der Waals surface area contributed by atoms with Crippen LogP contribution in [0.3, 0.4) is 0 Å². The minimum Gasteiger partial charge on any atom is -0.399 e. The zero-order chi connectivity index (χ0) is 10.7. The molecule has 15 heavy (non-hydrogen) atoms. The van der Waals surface area contributed by atoms with Crippen LogP contribution in [-0.4, -0.2) is 18.8 Å².